The minimum absolute atomic E-state index is 0.00590. The topological polar surface area (TPSA) is 88.8 Å². The molecule has 1 aromatic carbocycles. The van der Waals surface area contributed by atoms with Crippen molar-refractivity contribution in [2.24, 2.45) is 0 Å². The van der Waals surface area contributed by atoms with Crippen LogP contribution in [0.4, 0.5) is 4.39 Å². The molecule has 7 heteroatoms. The molecule has 24 heavy (non-hydrogen) atoms. The fourth-order valence-corrected chi connectivity index (χ4v) is 1.87. The van der Waals surface area contributed by atoms with Crippen molar-refractivity contribution in [2.75, 3.05) is 0 Å². The minimum atomic E-state index is -1.37. The number of nitrogens with one attached hydrogen (secondary N) is 1. The molecule has 0 aliphatic carbocycles. The summed E-state index contributed by atoms with van der Waals surface area (Å²) in [5.41, 5.74) is -1.37. The van der Waals surface area contributed by atoms with Crippen LogP contribution >= 0.6 is 0 Å². The van der Waals surface area contributed by atoms with Gasteiger partial charge in [-0.1, -0.05) is 6.92 Å². The van der Waals surface area contributed by atoms with Crippen LogP contribution in [0.2, 0.25) is 0 Å². The van der Waals surface area contributed by atoms with E-state index in [4.69, 9.17) is 9.15 Å². The molecule has 1 amide bonds. The third kappa shape index (κ3) is 4.13. The number of carbonyl (C=O) groups excluding carboxylic acids is 1. The van der Waals surface area contributed by atoms with Crippen LogP contribution in [-0.4, -0.2) is 22.5 Å². The van der Waals surface area contributed by atoms with Gasteiger partial charge in [-0.25, -0.2) is 9.18 Å². The number of halogens is 1. The predicted octanol–water partition coefficient (Wildman–Crippen LogP) is 2.98. The van der Waals surface area contributed by atoms with E-state index in [1.54, 1.807) is 13.0 Å². The van der Waals surface area contributed by atoms with Crippen molar-refractivity contribution in [3.63, 3.8) is 0 Å². The van der Waals surface area contributed by atoms with Gasteiger partial charge in [0.25, 0.3) is 5.91 Å². The van der Waals surface area contributed by atoms with Crippen LogP contribution in [0.25, 0.3) is 0 Å². The fourth-order valence-electron chi connectivity index (χ4n) is 1.87. The first-order valence-corrected chi connectivity index (χ1v) is 7.37. The lowest BCUT2D eigenvalue weighted by Gasteiger charge is -2.23. The van der Waals surface area contributed by atoms with E-state index in [9.17, 15) is 19.1 Å². The van der Waals surface area contributed by atoms with Gasteiger partial charge >= 0.3 is 5.97 Å². The average Bonchev–Trinajstić information content (AvgIpc) is 3.03. The van der Waals surface area contributed by atoms with Crippen LogP contribution in [0, 0.1) is 5.82 Å². The van der Waals surface area contributed by atoms with Gasteiger partial charge in [0.2, 0.25) is 0 Å². The van der Waals surface area contributed by atoms with Gasteiger partial charge in [0.1, 0.15) is 29.5 Å². The average molecular weight is 335 g/mol. The standard InChI is InChI=1S/C17H18FNO5/c1-3-17(2,16(21)22)19-15(20)14-9-8-13(24-14)10-23-12-6-4-11(18)5-7-12/h4-9H,3,10H2,1-2H3,(H,19,20)(H,21,22). The van der Waals surface area contributed by atoms with Crippen LogP contribution in [0.1, 0.15) is 36.6 Å². The number of hydrogen-bond acceptors (Lipinski definition) is 4. The number of aliphatic carboxylic acids is 1. The summed E-state index contributed by atoms with van der Waals surface area (Å²) >= 11 is 0. The molecule has 6 nitrogen and oxygen atoms in total. The summed E-state index contributed by atoms with van der Waals surface area (Å²) in [4.78, 5) is 23.3. The predicted molar refractivity (Wildman–Crippen MR) is 83.2 cm³/mol. The maximum Gasteiger partial charge on any atom is 0.329 e. The highest BCUT2D eigenvalue weighted by atomic mass is 19.1. The zero-order chi connectivity index (χ0) is 17.7. The summed E-state index contributed by atoms with van der Waals surface area (Å²) in [6, 6.07) is 8.50. The van der Waals surface area contributed by atoms with E-state index in [0.29, 0.717) is 11.5 Å². The second-order valence-electron chi connectivity index (χ2n) is 5.45. The first-order chi connectivity index (χ1) is 11.3. The lowest BCUT2D eigenvalue weighted by Crippen LogP contribution is -2.51. The molecule has 0 fully saturated rings. The summed E-state index contributed by atoms with van der Waals surface area (Å²) in [5, 5.41) is 11.6. The highest BCUT2D eigenvalue weighted by molar-refractivity contribution is 5.95. The van der Waals surface area contributed by atoms with Crippen LogP contribution in [-0.2, 0) is 11.4 Å². The van der Waals surface area contributed by atoms with Gasteiger partial charge in [-0.3, -0.25) is 4.79 Å². The zero-order valence-electron chi connectivity index (χ0n) is 13.3. The number of amides is 1. The summed E-state index contributed by atoms with van der Waals surface area (Å²) in [6.45, 7) is 3.15. The van der Waals surface area contributed by atoms with E-state index in [2.05, 4.69) is 5.32 Å². The molecule has 0 saturated heterocycles. The number of benzene rings is 1. The number of carboxylic acids is 1. The Bertz CT molecular complexity index is 725. The Morgan fingerprint density at radius 3 is 2.50 bits per heavy atom. The fraction of sp³-hybridized carbons (Fsp3) is 0.294. The van der Waals surface area contributed by atoms with Crippen molar-refractivity contribution in [1.29, 1.82) is 0 Å². The zero-order valence-corrected chi connectivity index (χ0v) is 13.3. The van der Waals surface area contributed by atoms with Gasteiger partial charge in [-0.15, -0.1) is 0 Å². The number of furan rings is 1. The third-order valence-electron chi connectivity index (χ3n) is 3.65. The Labute approximate surface area is 138 Å². The molecule has 2 N–H and O–H groups in total. The molecule has 0 bridgehead atoms. The van der Waals surface area contributed by atoms with E-state index in [0.717, 1.165) is 0 Å². The second kappa shape index (κ2) is 7.16. The number of carboxylic acid groups (broad SMARTS) is 1. The van der Waals surface area contributed by atoms with Crippen molar-refractivity contribution < 1.29 is 28.2 Å². The van der Waals surface area contributed by atoms with Crippen molar-refractivity contribution in [1.82, 2.24) is 5.32 Å². The summed E-state index contributed by atoms with van der Waals surface area (Å²) in [5.74, 6) is -1.26. The Morgan fingerprint density at radius 2 is 1.92 bits per heavy atom. The highest BCUT2D eigenvalue weighted by Crippen LogP contribution is 2.16. The molecule has 2 rings (SSSR count). The van der Waals surface area contributed by atoms with E-state index < -0.39 is 17.4 Å². The van der Waals surface area contributed by atoms with E-state index in [1.165, 1.54) is 37.3 Å². The quantitative estimate of drug-likeness (QED) is 0.812. The van der Waals surface area contributed by atoms with E-state index in [-0.39, 0.29) is 24.6 Å². The monoisotopic (exact) mass is 335 g/mol. The molecule has 0 aliphatic heterocycles. The number of ether oxygens (including phenoxy) is 1. The molecule has 0 aliphatic rings. The molecule has 128 valence electrons. The van der Waals surface area contributed by atoms with E-state index in [1.807, 2.05) is 0 Å². The number of rotatable bonds is 7. The normalized spacial score (nSPS) is 13.1. The molecule has 1 atom stereocenters. The van der Waals surface area contributed by atoms with Gasteiger partial charge in [0.15, 0.2) is 5.76 Å². The molecular formula is C17H18FNO5. The van der Waals surface area contributed by atoms with Crippen LogP contribution < -0.4 is 10.1 Å². The summed E-state index contributed by atoms with van der Waals surface area (Å²) in [6.07, 6.45) is 0.231. The minimum Gasteiger partial charge on any atom is -0.486 e. The lowest BCUT2D eigenvalue weighted by atomic mass is 9.99. The summed E-state index contributed by atoms with van der Waals surface area (Å²) < 4.78 is 23.6. The largest absolute Gasteiger partial charge is 0.486 e. The van der Waals surface area contributed by atoms with Crippen LogP contribution in [0.3, 0.4) is 0 Å². The van der Waals surface area contributed by atoms with Crippen LogP contribution in [0.5, 0.6) is 5.75 Å². The molecular weight excluding hydrogens is 317 g/mol. The molecule has 0 spiro atoms. The maximum absolute atomic E-state index is 12.8. The molecule has 0 saturated carbocycles. The molecule has 1 heterocycles. The highest BCUT2D eigenvalue weighted by Gasteiger charge is 2.33. The molecule has 1 unspecified atom stereocenters. The Hall–Kier alpha value is -2.83. The first kappa shape index (κ1) is 17.5. The second-order valence-corrected chi connectivity index (χ2v) is 5.45. The first-order valence-electron chi connectivity index (χ1n) is 7.37. The van der Waals surface area contributed by atoms with Gasteiger partial charge in [-0.05, 0) is 49.7 Å². The third-order valence-corrected chi connectivity index (χ3v) is 3.65. The Balaban J connectivity index is 1.98. The molecule has 0 radical (unpaired) electrons. The van der Waals surface area contributed by atoms with Gasteiger partial charge in [-0.2, -0.15) is 0 Å². The lowest BCUT2D eigenvalue weighted by molar-refractivity contribution is -0.143. The Kier molecular flexibility index (Phi) is 5.23. The number of hydrogen-bond donors (Lipinski definition) is 2. The summed E-state index contributed by atoms with van der Waals surface area (Å²) in [7, 11) is 0. The van der Waals surface area contributed by atoms with Gasteiger partial charge in [0.05, 0.1) is 0 Å². The van der Waals surface area contributed by atoms with Crippen molar-refractivity contribution in [3.8, 4) is 5.75 Å². The molecule has 2 aromatic rings. The maximum atomic E-state index is 12.8. The number of carbonyl (C=O) groups is 2. The Morgan fingerprint density at radius 1 is 1.25 bits per heavy atom. The SMILES string of the molecule is CCC(C)(NC(=O)c1ccc(COc2ccc(F)cc2)o1)C(=O)O. The van der Waals surface area contributed by atoms with Crippen LogP contribution in [0.15, 0.2) is 40.8 Å². The van der Waals surface area contributed by atoms with Gasteiger partial charge < -0.3 is 19.6 Å². The van der Waals surface area contributed by atoms with E-state index >= 15 is 0 Å². The smallest absolute Gasteiger partial charge is 0.329 e. The van der Waals surface area contributed by atoms with Crippen molar-refractivity contribution in [3.05, 3.63) is 53.7 Å². The molecule has 1 aromatic heterocycles. The van der Waals surface area contributed by atoms with Gasteiger partial charge in [0, 0.05) is 0 Å². The van der Waals surface area contributed by atoms with Crippen molar-refractivity contribution in [2.45, 2.75) is 32.4 Å². The van der Waals surface area contributed by atoms with Crippen molar-refractivity contribution >= 4 is 11.9 Å².